The summed E-state index contributed by atoms with van der Waals surface area (Å²) >= 11 is 0. The first-order valence-electron chi connectivity index (χ1n) is 29.6. The molecule has 418 valence electrons. The van der Waals surface area contributed by atoms with Gasteiger partial charge in [0.2, 0.25) is 0 Å². The summed E-state index contributed by atoms with van der Waals surface area (Å²) in [6, 6.07) is 0. The second-order valence-electron chi connectivity index (χ2n) is 18.8. The molecule has 0 aliphatic rings. The van der Waals surface area contributed by atoms with Crippen molar-refractivity contribution in [3.63, 3.8) is 0 Å². The van der Waals surface area contributed by atoms with Crippen molar-refractivity contribution in [2.45, 2.75) is 232 Å². The maximum absolute atomic E-state index is 12.8. The van der Waals surface area contributed by atoms with Crippen LogP contribution in [0.25, 0.3) is 0 Å². The van der Waals surface area contributed by atoms with Crippen LogP contribution in [0.4, 0.5) is 0 Å². The van der Waals surface area contributed by atoms with E-state index in [1.165, 1.54) is 38.5 Å². The molecule has 0 saturated heterocycles. The van der Waals surface area contributed by atoms with Crippen LogP contribution < -0.4 is 0 Å². The molecule has 0 saturated carbocycles. The SMILES string of the molecule is CC/C=C\C/C=C\C/C=C\C/C=C\C/C=C\C/C=C\C/C=C\CCCCCC(=O)OCC(COC(=O)CCCCCCCCCCC)OC(=O)CCC/C=C\C/C=C\C/C=C\C/C=C\C/C=C\C/C=C\C/C=C\CC. The zero-order valence-corrected chi connectivity index (χ0v) is 47.7. The molecule has 0 aliphatic heterocycles. The molecule has 0 radical (unpaired) electrons. The van der Waals surface area contributed by atoms with E-state index in [9.17, 15) is 14.4 Å². The smallest absolute Gasteiger partial charge is 0.306 e. The van der Waals surface area contributed by atoms with E-state index in [0.717, 1.165) is 141 Å². The minimum atomic E-state index is -0.830. The lowest BCUT2D eigenvalue weighted by molar-refractivity contribution is -0.167. The van der Waals surface area contributed by atoms with Crippen molar-refractivity contribution < 1.29 is 28.6 Å². The molecule has 0 fully saturated rings. The van der Waals surface area contributed by atoms with E-state index < -0.39 is 6.10 Å². The maximum atomic E-state index is 12.8. The van der Waals surface area contributed by atoms with Crippen molar-refractivity contribution in [1.29, 1.82) is 0 Å². The number of rotatable bonds is 51. The van der Waals surface area contributed by atoms with Gasteiger partial charge in [-0.2, -0.15) is 0 Å². The maximum Gasteiger partial charge on any atom is 0.306 e. The number of carbonyl (C=O) groups is 3. The van der Waals surface area contributed by atoms with Crippen LogP contribution in [0, 0.1) is 0 Å². The summed E-state index contributed by atoms with van der Waals surface area (Å²) in [5.41, 5.74) is 0. The molecule has 0 aromatic heterocycles. The predicted molar refractivity (Wildman–Crippen MR) is 325 cm³/mol. The number of unbranched alkanes of at least 4 members (excludes halogenated alkanes) is 12. The Balaban J connectivity index is 4.48. The number of ether oxygens (including phenoxy) is 3. The van der Waals surface area contributed by atoms with Crippen molar-refractivity contribution in [1.82, 2.24) is 0 Å². The monoisotopic (exact) mass is 1030 g/mol. The van der Waals surface area contributed by atoms with Crippen LogP contribution in [-0.2, 0) is 28.6 Å². The highest BCUT2D eigenvalue weighted by atomic mass is 16.6. The van der Waals surface area contributed by atoms with Gasteiger partial charge in [0.1, 0.15) is 13.2 Å². The Labute approximate surface area is 460 Å². The number of hydrogen-bond donors (Lipinski definition) is 0. The third kappa shape index (κ3) is 59.5. The molecule has 0 N–H and O–H groups in total. The normalized spacial score (nSPS) is 13.4. The Hall–Kier alpha value is -5.23. The standard InChI is InChI=1S/C69H106O6/c1-4-7-10-13-16-19-21-23-25-27-29-31-33-34-36-37-39-41-43-45-47-50-53-56-59-62-68(71)74-65-66(64-73-67(70)61-58-55-52-49-18-15-12-9-6-3)75-69(72)63-60-57-54-51-48-46-44-42-40-38-35-32-30-28-26-24-22-20-17-14-11-8-5-2/h7-8,10-11,16-17,19-20,23-26,29-32,34,36,38-41,44-47,51,54,66H,4-6,9,12-15,18,21-22,27-28,33,35,37,42-43,48-50,52-53,55-65H2,1-3H3/b10-7-,11-8-,19-16-,20-17-,25-23-,26-24-,31-29-,32-30-,36-34-,40-38-,41-39-,46-44-,47-45-,54-51-. The first-order chi connectivity index (χ1) is 37.0. The number of hydrogen-bond acceptors (Lipinski definition) is 6. The second kappa shape index (κ2) is 61.3. The van der Waals surface area contributed by atoms with E-state index in [1.54, 1.807) is 0 Å². The summed E-state index contributed by atoms with van der Waals surface area (Å²) in [6.07, 6.45) is 90.7. The molecule has 0 bridgehead atoms. The van der Waals surface area contributed by atoms with Crippen LogP contribution in [0.3, 0.4) is 0 Å². The first-order valence-corrected chi connectivity index (χ1v) is 29.6. The first kappa shape index (κ1) is 69.8. The molecular formula is C69H106O6. The highest BCUT2D eigenvalue weighted by molar-refractivity contribution is 5.71. The van der Waals surface area contributed by atoms with E-state index in [4.69, 9.17) is 14.2 Å². The summed E-state index contributed by atoms with van der Waals surface area (Å²) < 4.78 is 16.7. The molecule has 6 heteroatoms. The molecule has 1 unspecified atom stereocenters. The molecule has 0 aromatic rings. The fraction of sp³-hybridized carbons (Fsp3) is 0.551. The van der Waals surface area contributed by atoms with E-state index in [-0.39, 0.29) is 37.5 Å². The summed E-state index contributed by atoms with van der Waals surface area (Å²) in [6.45, 7) is 6.29. The van der Waals surface area contributed by atoms with Gasteiger partial charge in [0.25, 0.3) is 0 Å². The van der Waals surface area contributed by atoms with Crippen LogP contribution in [0.2, 0.25) is 0 Å². The zero-order chi connectivity index (χ0) is 54.3. The Bertz CT molecular complexity index is 1750. The summed E-state index contributed by atoms with van der Waals surface area (Å²) in [7, 11) is 0. The molecule has 0 rings (SSSR count). The molecule has 0 aliphatic carbocycles. The number of allylic oxidation sites excluding steroid dienone is 28. The molecule has 0 spiro atoms. The molecular weight excluding hydrogens is 925 g/mol. The average molecular weight is 1030 g/mol. The summed E-state index contributed by atoms with van der Waals surface area (Å²) in [4.78, 5) is 38.1. The largest absolute Gasteiger partial charge is 0.462 e. The number of carbonyl (C=O) groups excluding carboxylic acids is 3. The lowest BCUT2D eigenvalue weighted by Gasteiger charge is -2.18. The van der Waals surface area contributed by atoms with Crippen LogP contribution in [0.1, 0.15) is 226 Å². The third-order valence-corrected chi connectivity index (χ3v) is 11.7. The minimum absolute atomic E-state index is 0.119. The van der Waals surface area contributed by atoms with Gasteiger partial charge < -0.3 is 14.2 Å². The van der Waals surface area contributed by atoms with Crippen molar-refractivity contribution in [2.75, 3.05) is 13.2 Å². The Morgan fingerprint density at radius 1 is 0.280 bits per heavy atom. The molecule has 6 nitrogen and oxygen atoms in total. The van der Waals surface area contributed by atoms with Gasteiger partial charge >= 0.3 is 17.9 Å². The Morgan fingerprint density at radius 2 is 0.533 bits per heavy atom. The van der Waals surface area contributed by atoms with Gasteiger partial charge in [-0.3, -0.25) is 14.4 Å². The molecule has 0 aromatic carbocycles. The Kier molecular flexibility index (Phi) is 57.0. The van der Waals surface area contributed by atoms with Crippen LogP contribution >= 0.6 is 0 Å². The van der Waals surface area contributed by atoms with Crippen molar-refractivity contribution >= 4 is 17.9 Å². The number of esters is 3. The quantitative estimate of drug-likeness (QED) is 0.0261. The Morgan fingerprint density at radius 3 is 0.853 bits per heavy atom. The predicted octanol–water partition coefficient (Wildman–Crippen LogP) is 20.3. The fourth-order valence-electron chi connectivity index (χ4n) is 7.35. The van der Waals surface area contributed by atoms with Gasteiger partial charge in [0.05, 0.1) is 0 Å². The molecule has 75 heavy (non-hydrogen) atoms. The average Bonchev–Trinajstić information content (AvgIpc) is 3.41. The van der Waals surface area contributed by atoms with Crippen molar-refractivity contribution in [3.05, 3.63) is 170 Å². The van der Waals surface area contributed by atoms with E-state index in [0.29, 0.717) is 19.3 Å². The third-order valence-electron chi connectivity index (χ3n) is 11.7. The van der Waals surface area contributed by atoms with E-state index >= 15 is 0 Å². The highest BCUT2D eigenvalue weighted by Gasteiger charge is 2.19. The van der Waals surface area contributed by atoms with Gasteiger partial charge in [-0.05, 0) is 128 Å². The van der Waals surface area contributed by atoms with E-state index in [2.05, 4.69) is 191 Å². The highest BCUT2D eigenvalue weighted by Crippen LogP contribution is 2.13. The van der Waals surface area contributed by atoms with E-state index in [1.807, 2.05) is 0 Å². The van der Waals surface area contributed by atoms with Gasteiger partial charge in [-0.25, -0.2) is 0 Å². The minimum Gasteiger partial charge on any atom is -0.462 e. The molecule has 0 heterocycles. The van der Waals surface area contributed by atoms with Crippen LogP contribution in [0.5, 0.6) is 0 Å². The zero-order valence-electron chi connectivity index (χ0n) is 47.7. The van der Waals surface area contributed by atoms with Crippen molar-refractivity contribution in [2.24, 2.45) is 0 Å². The van der Waals surface area contributed by atoms with Gasteiger partial charge in [-0.1, -0.05) is 249 Å². The van der Waals surface area contributed by atoms with Crippen LogP contribution in [0.15, 0.2) is 170 Å². The lowest BCUT2D eigenvalue weighted by atomic mass is 10.1. The van der Waals surface area contributed by atoms with Gasteiger partial charge in [-0.15, -0.1) is 0 Å². The van der Waals surface area contributed by atoms with Gasteiger partial charge in [0, 0.05) is 19.3 Å². The topological polar surface area (TPSA) is 78.9 Å². The molecule has 0 amide bonds. The van der Waals surface area contributed by atoms with Gasteiger partial charge in [0.15, 0.2) is 6.10 Å². The second-order valence-corrected chi connectivity index (χ2v) is 18.8. The summed E-state index contributed by atoms with van der Waals surface area (Å²) in [5.74, 6) is -1.03. The fourth-order valence-corrected chi connectivity index (χ4v) is 7.35. The van der Waals surface area contributed by atoms with Crippen molar-refractivity contribution in [3.8, 4) is 0 Å². The van der Waals surface area contributed by atoms with Crippen LogP contribution in [-0.4, -0.2) is 37.2 Å². The lowest BCUT2D eigenvalue weighted by Crippen LogP contribution is -2.30. The molecule has 1 atom stereocenters. The summed E-state index contributed by atoms with van der Waals surface area (Å²) in [5, 5.41) is 0.